The number of rotatable bonds is 1. The van der Waals surface area contributed by atoms with Crippen LogP contribution in [0.4, 0.5) is 0 Å². The van der Waals surface area contributed by atoms with Crippen molar-refractivity contribution in [1.82, 2.24) is 0 Å². The summed E-state index contributed by atoms with van der Waals surface area (Å²) in [5.74, 6) is 0. The molecule has 0 aliphatic heterocycles. The maximum absolute atomic E-state index is 5.84. The summed E-state index contributed by atoms with van der Waals surface area (Å²) in [7, 11) is 23.6. The van der Waals surface area contributed by atoms with E-state index in [1.54, 1.807) is 12.1 Å². The SMILES string of the molecule is Clc1cc[c]([Sb-]([Cl])([Cl])([Cl])([Cl])[Cl])cc1. The predicted octanol–water partition coefficient (Wildman–Crippen LogP) is 4.58. The molecule has 0 heterocycles. The molecule has 0 spiro atoms. The van der Waals surface area contributed by atoms with Gasteiger partial charge in [0, 0.05) is 0 Å². The van der Waals surface area contributed by atoms with Crippen LogP contribution in [0.15, 0.2) is 24.3 Å². The van der Waals surface area contributed by atoms with Gasteiger partial charge in [-0.3, -0.25) is 0 Å². The van der Waals surface area contributed by atoms with E-state index in [0.717, 1.165) is 0 Å². The van der Waals surface area contributed by atoms with Crippen molar-refractivity contribution in [2.24, 2.45) is 0 Å². The molecular formula is C6H4Cl6Sb-. The van der Waals surface area contributed by atoms with Gasteiger partial charge in [-0.15, -0.1) is 0 Å². The van der Waals surface area contributed by atoms with Crippen LogP contribution in [-0.2, 0) is 0 Å². The Bertz CT molecular complexity index is 321. The summed E-state index contributed by atoms with van der Waals surface area (Å²) in [6.07, 6.45) is 0. The van der Waals surface area contributed by atoms with Crippen LogP contribution in [0.3, 0.4) is 0 Å². The van der Waals surface area contributed by atoms with E-state index < -0.39 is 10.3 Å². The van der Waals surface area contributed by atoms with Crippen LogP contribution in [0.5, 0.6) is 0 Å². The van der Waals surface area contributed by atoms with Crippen molar-refractivity contribution in [3.05, 3.63) is 29.3 Å². The van der Waals surface area contributed by atoms with E-state index in [9.17, 15) is 0 Å². The van der Waals surface area contributed by atoms with Crippen molar-refractivity contribution < 1.29 is 0 Å². The number of benzene rings is 1. The average molecular weight is 411 g/mol. The molecule has 0 saturated carbocycles. The summed E-state index contributed by atoms with van der Waals surface area (Å²) in [5.41, 5.74) is 0. The third-order valence-electron chi connectivity index (χ3n) is 1.31. The second-order valence-electron chi connectivity index (χ2n) is 2.54. The van der Waals surface area contributed by atoms with E-state index in [4.69, 9.17) is 55.7 Å². The molecule has 13 heavy (non-hydrogen) atoms. The van der Waals surface area contributed by atoms with Crippen LogP contribution in [0.25, 0.3) is 0 Å². The van der Waals surface area contributed by atoms with Crippen LogP contribution in [0, 0.1) is 0 Å². The molecule has 0 aliphatic rings. The average Bonchev–Trinajstić information content (AvgIpc) is 1.82. The first-order valence-corrected chi connectivity index (χ1v) is 20.9. The molecule has 1 aromatic carbocycles. The first-order chi connectivity index (χ1) is 5.49. The molecule has 76 valence electrons. The summed E-state index contributed by atoms with van der Waals surface area (Å²) in [5, 5.41) is 0.530. The molecule has 0 amide bonds. The Balaban J connectivity index is 3.34. The molecule has 0 N–H and O–H groups in total. The molecule has 0 atom stereocenters. The van der Waals surface area contributed by atoms with Gasteiger partial charge in [0.05, 0.1) is 0 Å². The second kappa shape index (κ2) is 3.14. The summed E-state index contributed by atoms with van der Waals surface area (Å²) in [4.78, 5) is 0. The zero-order chi connectivity index (χ0) is 10.4. The Morgan fingerprint density at radius 2 is 1.15 bits per heavy atom. The van der Waals surface area contributed by atoms with Crippen LogP contribution < -0.4 is 3.51 Å². The van der Waals surface area contributed by atoms with Gasteiger partial charge in [0.15, 0.2) is 0 Å². The quantitative estimate of drug-likeness (QED) is 0.595. The van der Waals surface area contributed by atoms with E-state index in [0.29, 0.717) is 8.53 Å². The Labute approximate surface area is 97.5 Å². The third-order valence-corrected chi connectivity index (χ3v) is 11.7. The van der Waals surface area contributed by atoms with E-state index in [-0.39, 0.29) is 0 Å². The third kappa shape index (κ3) is 4.03. The molecular weight excluding hydrogens is 407 g/mol. The molecule has 0 nitrogen and oxygen atoms in total. The summed E-state index contributed by atoms with van der Waals surface area (Å²) >= 11 is 5.66. The molecule has 0 unspecified atom stereocenters. The molecule has 0 fully saturated rings. The standard InChI is InChI=1S/C6H4Cl.5ClH.Sb/c7-6-4-2-1-3-5-6;;;;;;/h2-5H;5*1H;/q;;;;;;+4/p-5. The summed E-state index contributed by atoms with van der Waals surface area (Å²) in [6.45, 7) is 0. The fourth-order valence-corrected chi connectivity index (χ4v) is 6.66. The Hall–Kier alpha value is 1.78. The predicted molar refractivity (Wildman–Crippen MR) is 66.1 cm³/mol. The number of hydrogen-bond donors (Lipinski definition) is 0. The van der Waals surface area contributed by atoms with Gasteiger partial charge in [0.1, 0.15) is 0 Å². The van der Waals surface area contributed by atoms with E-state index in [1.807, 2.05) is 0 Å². The zero-order valence-corrected chi connectivity index (χ0v) is 13.1. The van der Waals surface area contributed by atoms with Crippen LogP contribution in [0.1, 0.15) is 0 Å². The van der Waals surface area contributed by atoms with E-state index >= 15 is 0 Å². The Morgan fingerprint density at radius 1 is 0.769 bits per heavy atom. The van der Waals surface area contributed by atoms with E-state index in [1.165, 1.54) is 12.1 Å². The minimum atomic E-state index is -5.56. The first-order valence-electron chi connectivity index (χ1n) is 3.08. The number of halogens is 6. The van der Waals surface area contributed by atoms with Gasteiger partial charge >= 0.3 is 98.8 Å². The second-order valence-corrected chi connectivity index (χ2v) is 50.5. The molecule has 1 rings (SSSR count). The maximum atomic E-state index is 5.84. The van der Waals surface area contributed by atoms with Crippen molar-refractivity contribution >= 4 is 69.5 Å². The normalized spacial score (nSPS) is 17.7. The number of hydrogen-bond acceptors (Lipinski definition) is 0. The monoisotopic (exact) mass is 407 g/mol. The molecule has 0 bridgehead atoms. The Morgan fingerprint density at radius 3 is 1.46 bits per heavy atom. The van der Waals surface area contributed by atoms with Gasteiger partial charge in [-0.25, -0.2) is 0 Å². The van der Waals surface area contributed by atoms with Gasteiger partial charge in [-0.05, 0) is 0 Å². The summed E-state index contributed by atoms with van der Waals surface area (Å²) in [6, 6.07) is 6.17. The Kier molecular flexibility index (Phi) is 3.10. The molecule has 0 aliphatic carbocycles. The summed E-state index contributed by atoms with van der Waals surface area (Å²) < 4.78 is 0.312. The van der Waals surface area contributed by atoms with Crippen molar-refractivity contribution in [3.8, 4) is 0 Å². The zero-order valence-electron chi connectivity index (χ0n) is 6.02. The fourth-order valence-electron chi connectivity index (χ4n) is 0.723. The van der Waals surface area contributed by atoms with Gasteiger partial charge < -0.3 is 0 Å². The van der Waals surface area contributed by atoms with Crippen molar-refractivity contribution in [1.29, 1.82) is 0 Å². The van der Waals surface area contributed by atoms with Gasteiger partial charge in [0.25, 0.3) is 0 Å². The first kappa shape index (κ1) is 12.8. The van der Waals surface area contributed by atoms with Gasteiger partial charge in [-0.1, -0.05) is 0 Å². The van der Waals surface area contributed by atoms with Gasteiger partial charge in [-0.2, -0.15) is 0 Å². The van der Waals surface area contributed by atoms with Crippen LogP contribution in [-0.4, -0.2) is 10.3 Å². The van der Waals surface area contributed by atoms with Gasteiger partial charge in [0.2, 0.25) is 0 Å². The molecule has 0 radical (unpaired) electrons. The topological polar surface area (TPSA) is 0 Å². The van der Waals surface area contributed by atoms with Crippen LogP contribution in [0.2, 0.25) is 5.02 Å². The van der Waals surface area contributed by atoms with Crippen molar-refractivity contribution in [2.45, 2.75) is 0 Å². The van der Waals surface area contributed by atoms with Crippen LogP contribution >= 0.6 is 55.7 Å². The van der Waals surface area contributed by atoms with Crippen molar-refractivity contribution in [3.63, 3.8) is 0 Å². The molecule has 7 heteroatoms. The minimum absolute atomic E-state index is 0.312. The molecule has 0 saturated heterocycles. The van der Waals surface area contributed by atoms with E-state index in [2.05, 4.69) is 0 Å². The van der Waals surface area contributed by atoms with Crippen molar-refractivity contribution in [2.75, 3.05) is 0 Å². The molecule has 0 aromatic heterocycles. The fraction of sp³-hybridized carbons (Fsp3) is 0. The molecule has 1 aromatic rings.